The standard InChI is InChI=1S/C15H16ClN3O3.C7H6Cl2N2O2/c1-10-11(2)18-15(16)14(19(20)21)13(10)17-8-9-22-12-6-4-3-5-7-12;1-3-4(2)10-7(9)6(5(3)8)11(12)13/h3-7H,8-9H2,1-2H3,(H,17,18);1-2H3. The van der Waals surface area contributed by atoms with Crippen molar-refractivity contribution < 1.29 is 14.6 Å². The van der Waals surface area contributed by atoms with Crippen LogP contribution in [0.5, 0.6) is 5.75 Å². The van der Waals surface area contributed by atoms with Gasteiger partial charge in [0.1, 0.15) is 23.1 Å². The molecule has 0 radical (unpaired) electrons. The van der Waals surface area contributed by atoms with Gasteiger partial charge in [-0.25, -0.2) is 9.97 Å². The van der Waals surface area contributed by atoms with Crippen LogP contribution >= 0.6 is 34.8 Å². The third kappa shape index (κ3) is 7.14. The van der Waals surface area contributed by atoms with Gasteiger partial charge in [-0.3, -0.25) is 20.2 Å². The molecule has 0 saturated heterocycles. The van der Waals surface area contributed by atoms with E-state index in [0.29, 0.717) is 41.4 Å². The van der Waals surface area contributed by atoms with E-state index in [0.717, 1.165) is 5.75 Å². The van der Waals surface area contributed by atoms with Crippen LogP contribution in [0, 0.1) is 47.9 Å². The van der Waals surface area contributed by atoms with E-state index in [-0.39, 0.29) is 26.7 Å². The number of ether oxygens (including phenoxy) is 1. The molecule has 0 aliphatic rings. The molecule has 0 unspecified atom stereocenters. The van der Waals surface area contributed by atoms with Gasteiger partial charge in [0.25, 0.3) is 0 Å². The summed E-state index contributed by atoms with van der Waals surface area (Å²) < 4.78 is 5.55. The van der Waals surface area contributed by atoms with Gasteiger partial charge >= 0.3 is 11.4 Å². The quantitative estimate of drug-likeness (QED) is 0.151. The Morgan fingerprint density at radius 3 is 1.91 bits per heavy atom. The molecule has 10 nitrogen and oxygen atoms in total. The SMILES string of the molecule is Cc1nc(Cl)c([N+](=O)[O-])c(Cl)c1C.Cc1nc(Cl)c([N+](=O)[O-])c(NCCOc2ccccc2)c1C. The summed E-state index contributed by atoms with van der Waals surface area (Å²) in [5, 5.41) is 24.5. The molecule has 0 saturated carbocycles. The lowest BCUT2D eigenvalue weighted by atomic mass is 10.1. The molecule has 35 heavy (non-hydrogen) atoms. The summed E-state index contributed by atoms with van der Waals surface area (Å²) in [4.78, 5) is 28.3. The number of benzene rings is 1. The maximum Gasteiger partial charge on any atom is 0.329 e. The molecule has 0 atom stereocenters. The van der Waals surface area contributed by atoms with Crippen LogP contribution in [0.1, 0.15) is 22.5 Å². The second-order valence-corrected chi connectivity index (χ2v) is 8.31. The Balaban J connectivity index is 0.000000283. The zero-order valence-electron chi connectivity index (χ0n) is 19.3. The zero-order chi connectivity index (χ0) is 26.3. The third-order valence-electron chi connectivity index (χ3n) is 4.94. The monoisotopic (exact) mass is 541 g/mol. The highest BCUT2D eigenvalue weighted by Crippen LogP contribution is 2.35. The minimum absolute atomic E-state index is 0.0579. The van der Waals surface area contributed by atoms with Crippen LogP contribution < -0.4 is 10.1 Å². The van der Waals surface area contributed by atoms with E-state index in [1.165, 1.54) is 0 Å². The average Bonchev–Trinajstić information content (AvgIpc) is 2.78. The van der Waals surface area contributed by atoms with E-state index in [2.05, 4.69) is 15.3 Å². The highest BCUT2D eigenvalue weighted by atomic mass is 35.5. The summed E-state index contributed by atoms with van der Waals surface area (Å²) in [5.74, 6) is 0.750. The smallest absolute Gasteiger partial charge is 0.329 e. The summed E-state index contributed by atoms with van der Waals surface area (Å²) >= 11 is 17.2. The van der Waals surface area contributed by atoms with Gasteiger partial charge in [0.05, 0.1) is 9.85 Å². The van der Waals surface area contributed by atoms with Gasteiger partial charge in [0.15, 0.2) is 0 Å². The number of halogens is 3. The number of nitrogens with one attached hydrogen (secondary N) is 1. The van der Waals surface area contributed by atoms with Crippen LogP contribution in [-0.2, 0) is 0 Å². The molecule has 0 amide bonds. The lowest BCUT2D eigenvalue weighted by Crippen LogP contribution is -2.14. The Morgan fingerprint density at radius 2 is 1.37 bits per heavy atom. The van der Waals surface area contributed by atoms with Crippen molar-refractivity contribution in [3.8, 4) is 5.75 Å². The van der Waals surface area contributed by atoms with Gasteiger partial charge in [0.2, 0.25) is 10.3 Å². The molecule has 1 N–H and O–H groups in total. The number of hydrogen-bond acceptors (Lipinski definition) is 8. The number of aromatic nitrogens is 2. The second-order valence-electron chi connectivity index (χ2n) is 7.21. The minimum atomic E-state index is -0.635. The van der Waals surface area contributed by atoms with Gasteiger partial charge in [-0.15, -0.1) is 0 Å². The van der Waals surface area contributed by atoms with Crippen LogP contribution in [0.3, 0.4) is 0 Å². The van der Waals surface area contributed by atoms with Gasteiger partial charge in [-0.2, -0.15) is 0 Å². The summed E-state index contributed by atoms with van der Waals surface area (Å²) in [7, 11) is 0. The molecule has 0 aliphatic heterocycles. The van der Waals surface area contributed by atoms with Crippen molar-refractivity contribution in [2.24, 2.45) is 0 Å². The summed E-state index contributed by atoms with van der Waals surface area (Å²) in [6.45, 7) is 7.67. The fraction of sp³-hybridized carbons (Fsp3) is 0.273. The Morgan fingerprint density at radius 1 is 0.857 bits per heavy atom. The van der Waals surface area contributed by atoms with Crippen LogP contribution in [0.15, 0.2) is 30.3 Å². The van der Waals surface area contributed by atoms with Crippen molar-refractivity contribution in [2.45, 2.75) is 27.7 Å². The first-order valence-electron chi connectivity index (χ1n) is 10.1. The molecule has 13 heteroatoms. The number of hydrogen-bond donors (Lipinski definition) is 1. The lowest BCUT2D eigenvalue weighted by molar-refractivity contribution is -0.384. The molecule has 3 rings (SSSR count). The van der Waals surface area contributed by atoms with Gasteiger partial charge < -0.3 is 10.1 Å². The molecule has 0 bridgehead atoms. The molecule has 2 aromatic heterocycles. The van der Waals surface area contributed by atoms with Gasteiger partial charge in [-0.05, 0) is 45.4 Å². The first-order valence-corrected chi connectivity index (χ1v) is 11.3. The van der Waals surface area contributed by atoms with E-state index >= 15 is 0 Å². The molecule has 1 aromatic carbocycles. The zero-order valence-corrected chi connectivity index (χ0v) is 21.5. The normalized spacial score (nSPS) is 10.3. The number of aryl methyl sites for hydroxylation is 2. The predicted octanol–water partition coefficient (Wildman–Crippen LogP) is 6.66. The van der Waals surface area contributed by atoms with E-state index in [1.807, 2.05) is 30.3 Å². The highest BCUT2D eigenvalue weighted by molar-refractivity contribution is 6.38. The molecule has 186 valence electrons. The summed E-state index contributed by atoms with van der Waals surface area (Å²) in [6, 6.07) is 9.36. The Labute approximate surface area is 216 Å². The van der Waals surface area contributed by atoms with Gasteiger partial charge in [-0.1, -0.05) is 53.0 Å². The lowest BCUT2D eigenvalue weighted by Gasteiger charge is -2.13. The second kappa shape index (κ2) is 12.5. The fourth-order valence-electron chi connectivity index (χ4n) is 2.86. The van der Waals surface area contributed by atoms with Crippen LogP contribution in [0.2, 0.25) is 15.3 Å². The molecule has 0 fully saturated rings. The maximum atomic E-state index is 11.2. The largest absolute Gasteiger partial charge is 0.492 e. The molecule has 2 heterocycles. The van der Waals surface area contributed by atoms with E-state index in [9.17, 15) is 20.2 Å². The van der Waals surface area contributed by atoms with E-state index in [4.69, 9.17) is 39.5 Å². The molecular formula is C22H22Cl3N5O5. The predicted molar refractivity (Wildman–Crippen MR) is 136 cm³/mol. The van der Waals surface area contributed by atoms with Crippen LogP contribution in [0.25, 0.3) is 0 Å². The molecule has 0 aliphatic carbocycles. The van der Waals surface area contributed by atoms with Crippen LogP contribution in [-0.4, -0.2) is 33.0 Å². The maximum absolute atomic E-state index is 11.2. The topological polar surface area (TPSA) is 133 Å². The third-order valence-corrected chi connectivity index (χ3v) is 5.93. The summed E-state index contributed by atoms with van der Waals surface area (Å²) in [6.07, 6.45) is 0. The number of anilines is 1. The van der Waals surface area contributed by atoms with Crippen molar-refractivity contribution in [3.05, 3.63) is 88.4 Å². The number of rotatable bonds is 7. The van der Waals surface area contributed by atoms with Gasteiger partial charge in [0, 0.05) is 23.5 Å². The first-order chi connectivity index (χ1) is 16.5. The van der Waals surface area contributed by atoms with Crippen molar-refractivity contribution in [2.75, 3.05) is 18.5 Å². The molecular weight excluding hydrogens is 521 g/mol. The van der Waals surface area contributed by atoms with E-state index in [1.54, 1.807) is 27.7 Å². The first kappa shape index (κ1) is 28.0. The summed E-state index contributed by atoms with van der Waals surface area (Å²) in [5.41, 5.74) is 2.39. The number of para-hydroxylation sites is 1. The Kier molecular flexibility index (Phi) is 10.00. The Hall–Kier alpha value is -3.21. The minimum Gasteiger partial charge on any atom is -0.492 e. The number of pyridine rings is 2. The molecule has 3 aromatic rings. The van der Waals surface area contributed by atoms with Crippen molar-refractivity contribution in [1.29, 1.82) is 0 Å². The average molecular weight is 543 g/mol. The highest BCUT2D eigenvalue weighted by Gasteiger charge is 2.24. The number of nitrogens with zero attached hydrogens (tertiary/aromatic N) is 4. The Bertz CT molecular complexity index is 1240. The van der Waals surface area contributed by atoms with Crippen molar-refractivity contribution >= 4 is 51.9 Å². The van der Waals surface area contributed by atoms with Crippen LogP contribution in [0.4, 0.5) is 17.1 Å². The van der Waals surface area contributed by atoms with Crippen molar-refractivity contribution in [3.63, 3.8) is 0 Å². The number of nitro groups is 2. The fourth-order valence-corrected chi connectivity index (χ4v) is 3.78. The van der Waals surface area contributed by atoms with E-state index < -0.39 is 9.85 Å². The van der Waals surface area contributed by atoms with Crippen molar-refractivity contribution in [1.82, 2.24) is 9.97 Å². The molecule has 0 spiro atoms.